The summed E-state index contributed by atoms with van der Waals surface area (Å²) in [6.07, 6.45) is 13.6. The first-order valence-electron chi connectivity index (χ1n) is 4.27. The summed E-state index contributed by atoms with van der Waals surface area (Å²) in [5.41, 5.74) is 2.23. The van der Waals surface area contributed by atoms with Gasteiger partial charge < -0.3 is 17.5 Å². The van der Waals surface area contributed by atoms with Gasteiger partial charge in [0.25, 0.3) is 0 Å². The average Bonchev–Trinajstić information content (AvgIpc) is 2.77. The monoisotopic (exact) mass is 243 g/mol. The van der Waals surface area contributed by atoms with E-state index in [1.807, 2.05) is 24.3 Å². The molecule has 0 saturated heterocycles. The van der Waals surface area contributed by atoms with Crippen LogP contribution in [0.3, 0.4) is 0 Å². The van der Waals surface area contributed by atoms with Gasteiger partial charge in [-0.05, 0) is 24.0 Å². The Kier molecular flexibility index (Phi) is 6.38. The van der Waals surface area contributed by atoms with Crippen LogP contribution in [0.2, 0.25) is 0 Å². The molecule has 0 radical (unpaired) electrons. The Morgan fingerprint density at radius 3 is 1.71 bits per heavy atom. The second-order valence-electron chi connectivity index (χ2n) is 3.15. The van der Waals surface area contributed by atoms with E-state index in [0.29, 0.717) is 0 Å². The molecule has 3 heteroatoms. The minimum Gasteiger partial charge on any atom is -1.00 e. The summed E-state index contributed by atoms with van der Waals surface area (Å²) in [4.78, 5) is 0. The van der Waals surface area contributed by atoms with Crippen LogP contribution in [0.15, 0.2) is 47.6 Å². The molecule has 0 amide bonds. The molecule has 0 spiro atoms. The second-order valence-corrected chi connectivity index (χ2v) is 3.15. The van der Waals surface area contributed by atoms with Gasteiger partial charge in [0.05, 0.1) is 6.10 Å². The summed E-state index contributed by atoms with van der Waals surface area (Å²) < 4.78 is 0. The molecule has 2 aliphatic rings. The molecule has 0 atom stereocenters. The van der Waals surface area contributed by atoms with Crippen LogP contribution in [0.5, 0.6) is 0 Å². The summed E-state index contributed by atoms with van der Waals surface area (Å²) in [6, 6.07) is 0. The van der Waals surface area contributed by atoms with Crippen LogP contribution in [0.4, 0.5) is 0 Å². The molecular weight excluding hydrogens is 231 g/mol. The summed E-state index contributed by atoms with van der Waals surface area (Å²) >= 11 is 0. The van der Waals surface area contributed by atoms with Gasteiger partial charge in [0.2, 0.25) is 0 Å². The molecule has 0 aromatic heterocycles. The summed E-state index contributed by atoms with van der Waals surface area (Å²) in [5, 5.41) is 9.83. The average molecular weight is 244 g/mol. The van der Waals surface area contributed by atoms with Crippen molar-refractivity contribution in [2.75, 3.05) is 0 Å². The molecule has 0 heterocycles. The third-order valence-corrected chi connectivity index (χ3v) is 2.30. The van der Waals surface area contributed by atoms with Crippen LogP contribution >= 0.6 is 0 Å². The van der Waals surface area contributed by atoms with Crippen molar-refractivity contribution in [2.24, 2.45) is 0 Å². The zero-order valence-corrected chi connectivity index (χ0v) is 10.1. The smallest absolute Gasteiger partial charge is 0.0973 e. The summed E-state index contributed by atoms with van der Waals surface area (Å²) in [6.45, 7) is 0. The summed E-state index contributed by atoms with van der Waals surface area (Å²) in [7, 11) is 0. The molecule has 1 nitrogen and oxygen atoms in total. The Bertz CT molecular complexity index is 272. The Hall–Kier alpha value is -0.0757. The van der Waals surface area contributed by atoms with Gasteiger partial charge in [-0.3, -0.25) is 0 Å². The number of hydrogen-bond acceptors (Lipinski definition) is 1. The van der Waals surface area contributed by atoms with Gasteiger partial charge in [-0.2, -0.15) is 0 Å². The fourth-order valence-corrected chi connectivity index (χ4v) is 1.57. The Labute approximate surface area is 106 Å². The molecule has 0 aliphatic heterocycles. The van der Waals surface area contributed by atoms with E-state index in [-0.39, 0.29) is 40.2 Å². The van der Waals surface area contributed by atoms with Crippen molar-refractivity contribution in [3.8, 4) is 0 Å². The predicted molar refractivity (Wildman–Crippen MR) is 49.7 cm³/mol. The van der Waals surface area contributed by atoms with Gasteiger partial charge in [-0.15, -0.1) is 0 Å². The molecule has 14 heavy (non-hydrogen) atoms. The van der Waals surface area contributed by atoms with Gasteiger partial charge >= 0.3 is 0 Å². The van der Waals surface area contributed by atoms with Gasteiger partial charge in [0.15, 0.2) is 0 Å². The molecule has 2 aliphatic carbocycles. The van der Waals surface area contributed by atoms with E-state index < -0.39 is 0 Å². The van der Waals surface area contributed by atoms with E-state index in [1.54, 1.807) is 0 Å². The topological polar surface area (TPSA) is 20.2 Å². The van der Waals surface area contributed by atoms with Crippen molar-refractivity contribution in [3.05, 3.63) is 47.6 Å². The number of hydrogen-bond donors (Lipinski definition) is 1. The molecule has 0 saturated carbocycles. The number of rotatable bonds is 2. The van der Waals surface area contributed by atoms with Gasteiger partial charge in [-0.1, -0.05) is 36.5 Å². The van der Waals surface area contributed by atoms with E-state index in [9.17, 15) is 5.11 Å². The van der Waals surface area contributed by atoms with Gasteiger partial charge in [-0.25, -0.2) is 0 Å². The van der Waals surface area contributed by atoms with Crippen LogP contribution < -0.4 is 12.4 Å². The molecular formula is C11H12ClOTi-. The minimum atomic E-state index is -0.352. The molecule has 0 unspecified atom stereocenters. The SMILES string of the molecule is OC(C1=CC=CC1)C1=CC=CC1.[Cl-].[Ti]. The van der Waals surface area contributed by atoms with Gasteiger partial charge in [0.1, 0.15) is 0 Å². The normalized spacial score (nSPS) is 17.6. The van der Waals surface area contributed by atoms with E-state index in [2.05, 4.69) is 12.2 Å². The Balaban J connectivity index is 0.000000845. The summed E-state index contributed by atoms with van der Waals surface area (Å²) in [5.74, 6) is 0. The fourth-order valence-electron chi connectivity index (χ4n) is 1.57. The van der Waals surface area contributed by atoms with Crippen LogP contribution in [0.1, 0.15) is 12.8 Å². The first kappa shape index (κ1) is 13.9. The molecule has 0 aromatic carbocycles. The number of halogens is 1. The molecule has 0 bridgehead atoms. The maximum Gasteiger partial charge on any atom is 0.0973 e. The van der Waals surface area contributed by atoms with Crippen molar-refractivity contribution in [1.29, 1.82) is 0 Å². The largest absolute Gasteiger partial charge is 1.00 e. The number of allylic oxidation sites excluding steroid dienone is 6. The Morgan fingerprint density at radius 1 is 1.00 bits per heavy atom. The third-order valence-electron chi connectivity index (χ3n) is 2.30. The zero-order chi connectivity index (χ0) is 8.39. The fraction of sp³-hybridized carbons (Fsp3) is 0.273. The Morgan fingerprint density at radius 2 is 1.43 bits per heavy atom. The maximum absolute atomic E-state index is 9.83. The van der Waals surface area contributed by atoms with Crippen molar-refractivity contribution in [3.63, 3.8) is 0 Å². The molecule has 1 N–H and O–H groups in total. The molecule has 0 aromatic rings. The third kappa shape index (κ3) is 2.96. The van der Waals surface area contributed by atoms with Gasteiger partial charge in [0, 0.05) is 21.7 Å². The first-order chi connectivity index (χ1) is 5.88. The minimum absolute atomic E-state index is 0. The van der Waals surface area contributed by atoms with Crippen LogP contribution in [0.25, 0.3) is 0 Å². The van der Waals surface area contributed by atoms with E-state index in [1.165, 1.54) is 0 Å². The second kappa shape index (κ2) is 6.42. The molecule has 0 fully saturated rings. The molecule has 74 valence electrons. The first-order valence-corrected chi connectivity index (χ1v) is 4.27. The standard InChI is InChI=1S/C11H12O.ClH.Ti/c12-11(9-5-1-2-6-9)10-7-3-4-8-10;;/h1-5,7,11-12H,6,8H2;1H;/p-1. The quantitative estimate of drug-likeness (QED) is 0.625. The van der Waals surface area contributed by atoms with E-state index in [4.69, 9.17) is 0 Å². The number of aliphatic hydroxyl groups excluding tert-OH is 1. The maximum atomic E-state index is 9.83. The van der Waals surface area contributed by atoms with Crippen molar-refractivity contribution >= 4 is 0 Å². The van der Waals surface area contributed by atoms with Crippen LogP contribution in [-0.4, -0.2) is 11.2 Å². The number of aliphatic hydroxyl groups is 1. The molecule has 2 rings (SSSR count). The predicted octanol–water partition coefficient (Wildman–Crippen LogP) is -0.879. The van der Waals surface area contributed by atoms with E-state index >= 15 is 0 Å². The van der Waals surface area contributed by atoms with Crippen molar-refractivity contribution < 1.29 is 39.2 Å². The zero-order valence-electron chi connectivity index (χ0n) is 7.78. The van der Waals surface area contributed by atoms with Crippen molar-refractivity contribution in [2.45, 2.75) is 18.9 Å². The van der Waals surface area contributed by atoms with Crippen LogP contribution in [0, 0.1) is 0 Å². The van der Waals surface area contributed by atoms with Crippen LogP contribution in [-0.2, 0) is 21.7 Å². The van der Waals surface area contributed by atoms with E-state index in [0.717, 1.165) is 24.0 Å². The van der Waals surface area contributed by atoms with Crippen molar-refractivity contribution in [1.82, 2.24) is 0 Å².